The Morgan fingerprint density at radius 2 is 1.79 bits per heavy atom. The Bertz CT molecular complexity index is 1050. The first-order valence-corrected chi connectivity index (χ1v) is 11.9. The Kier molecular flexibility index (Phi) is 6.24. The van der Waals surface area contributed by atoms with Crippen LogP contribution in [0.5, 0.6) is 0 Å². The van der Waals surface area contributed by atoms with E-state index in [9.17, 15) is 14.4 Å². The number of hydrogen-bond acceptors (Lipinski definition) is 5. The van der Waals surface area contributed by atoms with Gasteiger partial charge in [0.25, 0.3) is 5.91 Å². The van der Waals surface area contributed by atoms with Gasteiger partial charge in [-0.2, -0.15) is 0 Å². The molecule has 3 atom stereocenters. The molecule has 0 aromatic heterocycles. The Morgan fingerprint density at radius 1 is 0.970 bits per heavy atom. The second-order valence-electron chi connectivity index (χ2n) is 9.22. The largest absolute Gasteiger partial charge is 0.322 e. The quantitative estimate of drug-likeness (QED) is 0.612. The van der Waals surface area contributed by atoms with E-state index in [0.29, 0.717) is 37.0 Å². The van der Waals surface area contributed by atoms with Gasteiger partial charge in [0.2, 0.25) is 11.8 Å². The maximum Gasteiger partial charge on any atom is 0.255 e. The van der Waals surface area contributed by atoms with Crippen molar-refractivity contribution in [2.75, 3.05) is 13.1 Å². The Morgan fingerprint density at radius 3 is 2.61 bits per heavy atom. The fraction of sp³-hybridized carbons (Fsp3) is 0.423. The molecular formula is C26H30N4O3. The highest BCUT2D eigenvalue weighted by atomic mass is 16.2. The van der Waals surface area contributed by atoms with Crippen LogP contribution >= 0.6 is 0 Å². The van der Waals surface area contributed by atoms with Gasteiger partial charge in [0, 0.05) is 37.0 Å². The summed E-state index contributed by atoms with van der Waals surface area (Å²) in [5.41, 5.74) is 4.04. The topological polar surface area (TPSA) is 90.5 Å². The normalized spacial score (nSPS) is 25.5. The highest BCUT2D eigenvalue weighted by Gasteiger charge is 2.39. The fourth-order valence-electron chi connectivity index (χ4n) is 5.35. The molecule has 0 spiro atoms. The highest BCUT2D eigenvalue weighted by molar-refractivity contribution is 6.05. The smallest absolute Gasteiger partial charge is 0.255 e. The van der Waals surface area contributed by atoms with Crippen LogP contribution in [-0.2, 0) is 22.7 Å². The monoisotopic (exact) mass is 446 g/mol. The molecule has 3 amide bonds. The summed E-state index contributed by atoms with van der Waals surface area (Å²) in [4.78, 5) is 38.4. The number of rotatable bonds is 5. The SMILES string of the molecule is O=C1CCC(N2Cc3ccc(CN[C@@H]4CCNCC[C@H]4c4ccccc4)cc3C2=O)C(=O)N1. The highest BCUT2D eigenvalue weighted by Crippen LogP contribution is 2.29. The number of nitrogens with zero attached hydrogens (tertiary/aromatic N) is 1. The second kappa shape index (κ2) is 9.45. The molecular weight excluding hydrogens is 416 g/mol. The number of carbonyl (C=O) groups excluding carboxylic acids is 3. The van der Waals surface area contributed by atoms with Crippen molar-refractivity contribution < 1.29 is 14.4 Å². The van der Waals surface area contributed by atoms with Crippen molar-refractivity contribution in [2.45, 2.75) is 56.8 Å². The number of nitrogens with one attached hydrogen (secondary N) is 3. The van der Waals surface area contributed by atoms with Crippen molar-refractivity contribution in [1.29, 1.82) is 0 Å². The molecule has 5 rings (SSSR count). The molecule has 2 aromatic rings. The molecule has 0 aliphatic carbocycles. The maximum absolute atomic E-state index is 13.1. The number of fused-ring (bicyclic) bond motifs is 1. The zero-order valence-electron chi connectivity index (χ0n) is 18.7. The minimum Gasteiger partial charge on any atom is -0.322 e. The predicted molar refractivity (Wildman–Crippen MR) is 124 cm³/mol. The minimum absolute atomic E-state index is 0.123. The predicted octanol–water partition coefficient (Wildman–Crippen LogP) is 2.07. The average Bonchev–Trinajstić information content (AvgIpc) is 2.99. The zero-order chi connectivity index (χ0) is 22.8. The third kappa shape index (κ3) is 4.56. The summed E-state index contributed by atoms with van der Waals surface area (Å²) in [7, 11) is 0. The van der Waals surface area contributed by atoms with Crippen LogP contribution < -0.4 is 16.0 Å². The van der Waals surface area contributed by atoms with Gasteiger partial charge >= 0.3 is 0 Å². The lowest BCUT2D eigenvalue weighted by Crippen LogP contribution is -2.52. The third-order valence-electron chi connectivity index (χ3n) is 7.14. The number of amides is 3. The second-order valence-corrected chi connectivity index (χ2v) is 9.22. The van der Waals surface area contributed by atoms with E-state index in [2.05, 4.69) is 52.3 Å². The molecule has 7 heteroatoms. The van der Waals surface area contributed by atoms with E-state index in [1.807, 2.05) is 12.1 Å². The van der Waals surface area contributed by atoms with Crippen molar-refractivity contribution in [2.24, 2.45) is 0 Å². The lowest BCUT2D eigenvalue weighted by atomic mass is 9.87. The molecule has 2 fully saturated rings. The van der Waals surface area contributed by atoms with Crippen LogP contribution in [-0.4, -0.2) is 47.8 Å². The number of imide groups is 1. The van der Waals surface area contributed by atoms with Crippen molar-refractivity contribution in [3.63, 3.8) is 0 Å². The Balaban J connectivity index is 1.28. The standard InChI is InChI=1S/C26H30N4O3/c31-24-9-8-23(25(32)29-24)30-16-19-7-6-17(14-21(19)26(30)33)15-28-22-11-13-27-12-10-20(22)18-4-2-1-3-5-18/h1-7,14,20,22-23,27-28H,8-13,15-16H2,(H,29,31,32)/t20-,22+,23?/m0/s1. The minimum atomic E-state index is -0.575. The molecule has 3 N–H and O–H groups in total. The van der Waals surface area contributed by atoms with E-state index in [0.717, 1.165) is 37.1 Å². The van der Waals surface area contributed by atoms with Gasteiger partial charge in [0.05, 0.1) is 0 Å². The third-order valence-corrected chi connectivity index (χ3v) is 7.14. The van der Waals surface area contributed by atoms with E-state index in [4.69, 9.17) is 0 Å². The van der Waals surface area contributed by atoms with E-state index >= 15 is 0 Å². The van der Waals surface area contributed by atoms with Crippen LogP contribution in [0.3, 0.4) is 0 Å². The molecule has 7 nitrogen and oxygen atoms in total. The summed E-state index contributed by atoms with van der Waals surface area (Å²) < 4.78 is 0. The lowest BCUT2D eigenvalue weighted by Gasteiger charge is -2.29. The van der Waals surface area contributed by atoms with Gasteiger partial charge in [-0.25, -0.2) is 0 Å². The van der Waals surface area contributed by atoms with E-state index in [1.165, 1.54) is 5.56 Å². The number of carbonyl (C=O) groups is 3. The average molecular weight is 447 g/mol. The summed E-state index contributed by atoms with van der Waals surface area (Å²) in [6.07, 6.45) is 2.79. The van der Waals surface area contributed by atoms with Gasteiger partial charge in [-0.05, 0) is 55.1 Å². The van der Waals surface area contributed by atoms with Crippen molar-refractivity contribution in [1.82, 2.24) is 20.9 Å². The van der Waals surface area contributed by atoms with Crippen molar-refractivity contribution in [3.05, 3.63) is 70.8 Å². The van der Waals surface area contributed by atoms with Crippen LogP contribution in [0.4, 0.5) is 0 Å². The molecule has 172 valence electrons. The molecule has 0 radical (unpaired) electrons. The van der Waals surface area contributed by atoms with Gasteiger partial charge in [0.1, 0.15) is 6.04 Å². The Hall–Kier alpha value is -3.03. The molecule has 0 saturated carbocycles. The van der Waals surface area contributed by atoms with Crippen LogP contribution in [0.2, 0.25) is 0 Å². The number of benzene rings is 2. The molecule has 3 heterocycles. The van der Waals surface area contributed by atoms with Gasteiger partial charge in [-0.15, -0.1) is 0 Å². The molecule has 2 aromatic carbocycles. The van der Waals surface area contributed by atoms with Crippen molar-refractivity contribution >= 4 is 17.7 Å². The number of hydrogen-bond donors (Lipinski definition) is 3. The van der Waals surface area contributed by atoms with E-state index < -0.39 is 6.04 Å². The van der Waals surface area contributed by atoms with Gasteiger partial charge in [-0.1, -0.05) is 42.5 Å². The van der Waals surface area contributed by atoms with Crippen LogP contribution in [0, 0.1) is 0 Å². The molecule has 3 aliphatic rings. The summed E-state index contributed by atoms with van der Waals surface area (Å²) >= 11 is 0. The first-order chi connectivity index (χ1) is 16.1. The van der Waals surface area contributed by atoms with Gasteiger partial charge in [-0.3, -0.25) is 19.7 Å². The fourth-order valence-corrected chi connectivity index (χ4v) is 5.35. The lowest BCUT2D eigenvalue weighted by molar-refractivity contribution is -0.136. The van der Waals surface area contributed by atoms with Crippen molar-refractivity contribution in [3.8, 4) is 0 Å². The maximum atomic E-state index is 13.1. The Labute approximate surface area is 193 Å². The molecule has 3 aliphatic heterocycles. The van der Waals surface area contributed by atoms with Gasteiger partial charge in [0.15, 0.2) is 0 Å². The molecule has 0 bridgehead atoms. The van der Waals surface area contributed by atoms with Crippen LogP contribution in [0.25, 0.3) is 0 Å². The summed E-state index contributed by atoms with van der Waals surface area (Å²) in [5.74, 6) is -0.318. The number of piperidine rings is 1. The molecule has 1 unspecified atom stereocenters. The first kappa shape index (κ1) is 21.8. The molecule has 33 heavy (non-hydrogen) atoms. The summed E-state index contributed by atoms with van der Waals surface area (Å²) in [6.45, 7) is 3.11. The van der Waals surface area contributed by atoms with Crippen LogP contribution in [0.15, 0.2) is 48.5 Å². The molecule has 2 saturated heterocycles. The van der Waals surface area contributed by atoms with Gasteiger partial charge < -0.3 is 15.5 Å². The summed E-state index contributed by atoms with van der Waals surface area (Å²) in [5, 5.41) is 9.62. The first-order valence-electron chi connectivity index (χ1n) is 11.9. The van der Waals surface area contributed by atoms with Crippen LogP contribution in [0.1, 0.15) is 58.6 Å². The van der Waals surface area contributed by atoms with E-state index in [-0.39, 0.29) is 24.1 Å². The summed E-state index contributed by atoms with van der Waals surface area (Å²) in [6, 6.07) is 16.5. The zero-order valence-corrected chi connectivity index (χ0v) is 18.7. The van der Waals surface area contributed by atoms with E-state index in [1.54, 1.807) is 4.90 Å².